The van der Waals surface area contributed by atoms with Crippen molar-refractivity contribution < 1.29 is 4.74 Å². The number of ether oxygens (including phenoxy) is 1. The van der Waals surface area contributed by atoms with E-state index in [1.54, 1.807) is 18.1 Å². The van der Waals surface area contributed by atoms with E-state index in [1.165, 1.54) is 5.56 Å². The second kappa shape index (κ2) is 7.12. The van der Waals surface area contributed by atoms with Crippen molar-refractivity contribution in [2.75, 3.05) is 20.3 Å². The smallest absolute Gasteiger partial charge is 0.143 e. The summed E-state index contributed by atoms with van der Waals surface area (Å²) in [5.41, 5.74) is 2.17. The molecular formula is C14H21N5O. The van der Waals surface area contributed by atoms with Gasteiger partial charge in [-0.05, 0) is 41.0 Å². The summed E-state index contributed by atoms with van der Waals surface area (Å²) < 4.78 is 6.80. The Morgan fingerprint density at radius 2 is 2.20 bits per heavy atom. The zero-order valence-electron chi connectivity index (χ0n) is 12.2. The zero-order valence-corrected chi connectivity index (χ0v) is 12.2. The maximum Gasteiger partial charge on any atom is 0.143 e. The number of tetrazole rings is 1. The fourth-order valence-electron chi connectivity index (χ4n) is 2.06. The fraction of sp³-hybridized carbons (Fsp3) is 0.500. The van der Waals surface area contributed by atoms with Gasteiger partial charge in [0.15, 0.2) is 0 Å². The van der Waals surface area contributed by atoms with Crippen molar-refractivity contribution in [2.45, 2.75) is 19.9 Å². The number of methoxy groups -OCH3 is 1. The summed E-state index contributed by atoms with van der Waals surface area (Å²) in [6.45, 7) is 6.01. The van der Waals surface area contributed by atoms with Crippen LogP contribution in [-0.4, -0.2) is 40.5 Å². The summed E-state index contributed by atoms with van der Waals surface area (Å²) in [6.07, 6.45) is 1.60. The van der Waals surface area contributed by atoms with Gasteiger partial charge in [0.1, 0.15) is 6.33 Å². The molecule has 20 heavy (non-hydrogen) atoms. The first-order valence-electron chi connectivity index (χ1n) is 6.76. The Kier molecular flexibility index (Phi) is 5.20. The van der Waals surface area contributed by atoms with E-state index in [1.807, 2.05) is 12.1 Å². The van der Waals surface area contributed by atoms with Gasteiger partial charge < -0.3 is 10.1 Å². The standard InChI is InChI=1S/C14H21N5O/c1-11(9-20-3)8-15-12(2)13-5-4-6-14(7-13)19-10-16-17-18-19/h4-7,10-12,15H,8-9H2,1-3H3. The number of aromatic nitrogens is 4. The van der Waals surface area contributed by atoms with Crippen LogP contribution in [0.4, 0.5) is 0 Å². The van der Waals surface area contributed by atoms with Gasteiger partial charge in [0.05, 0.1) is 5.69 Å². The molecule has 0 saturated carbocycles. The van der Waals surface area contributed by atoms with Crippen LogP contribution in [0.1, 0.15) is 25.5 Å². The van der Waals surface area contributed by atoms with Crippen molar-refractivity contribution >= 4 is 0 Å². The lowest BCUT2D eigenvalue weighted by Crippen LogP contribution is -2.26. The molecule has 1 aromatic heterocycles. The van der Waals surface area contributed by atoms with Crippen molar-refractivity contribution in [3.63, 3.8) is 0 Å². The summed E-state index contributed by atoms with van der Waals surface area (Å²) in [5, 5.41) is 14.7. The largest absolute Gasteiger partial charge is 0.384 e. The molecule has 6 nitrogen and oxygen atoms in total. The molecule has 1 heterocycles. The van der Waals surface area contributed by atoms with Gasteiger partial charge in [0, 0.05) is 26.3 Å². The summed E-state index contributed by atoms with van der Waals surface area (Å²) in [5.74, 6) is 0.491. The van der Waals surface area contributed by atoms with Crippen LogP contribution in [0.15, 0.2) is 30.6 Å². The molecule has 0 aliphatic heterocycles. The molecule has 0 amide bonds. The molecule has 2 rings (SSSR count). The molecule has 0 saturated heterocycles. The number of benzene rings is 1. The third kappa shape index (κ3) is 3.85. The van der Waals surface area contributed by atoms with Crippen molar-refractivity contribution in [3.8, 4) is 5.69 Å². The van der Waals surface area contributed by atoms with Crippen molar-refractivity contribution in [1.29, 1.82) is 0 Å². The summed E-state index contributed by atoms with van der Waals surface area (Å²) in [4.78, 5) is 0. The maximum atomic E-state index is 5.14. The first-order valence-corrected chi connectivity index (χ1v) is 6.76. The molecule has 0 fully saturated rings. The predicted molar refractivity (Wildman–Crippen MR) is 76.6 cm³/mol. The summed E-state index contributed by atoms with van der Waals surface area (Å²) >= 11 is 0. The Balaban J connectivity index is 2.00. The second-order valence-corrected chi connectivity index (χ2v) is 5.04. The number of nitrogens with one attached hydrogen (secondary N) is 1. The highest BCUT2D eigenvalue weighted by Gasteiger charge is 2.09. The second-order valence-electron chi connectivity index (χ2n) is 5.04. The van der Waals surface area contributed by atoms with E-state index in [0.29, 0.717) is 5.92 Å². The Morgan fingerprint density at radius 3 is 2.90 bits per heavy atom. The molecule has 2 atom stereocenters. The normalized spacial score (nSPS) is 14.2. The SMILES string of the molecule is COCC(C)CNC(C)c1cccc(-n2cnnn2)c1. The summed E-state index contributed by atoms with van der Waals surface area (Å²) in [7, 11) is 1.73. The molecule has 6 heteroatoms. The van der Waals surface area contributed by atoms with Crippen molar-refractivity contribution in [2.24, 2.45) is 5.92 Å². The van der Waals surface area contributed by atoms with Crippen LogP contribution in [-0.2, 0) is 4.74 Å². The Morgan fingerprint density at radius 1 is 1.35 bits per heavy atom. The van der Waals surface area contributed by atoms with Crippen molar-refractivity contribution in [1.82, 2.24) is 25.5 Å². The average molecular weight is 275 g/mol. The molecule has 2 aromatic rings. The highest BCUT2D eigenvalue weighted by atomic mass is 16.5. The van der Waals surface area contributed by atoms with Gasteiger partial charge in [-0.2, -0.15) is 0 Å². The van der Waals surface area contributed by atoms with E-state index < -0.39 is 0 Å². The summed E-state index contributed by atoms with van der Waals surface area (Å²) in [6, 6.07) is 8.47. The van der Waals surface area contributed by atoms with Gasteiger partial charge in [-0.3, -0.25) is 0 Å². The minimum absolute atomic E-state index is 0.269. The highest BCUT2D eigenvalue weighted by molar-refractivity contribution is 5.35. The van der Waals surface area contributed by atoms with Crippen LogP contribution in [0.25, 0.3) is 5.69 Å². The van der Waals surface area contributed by atoms with Gasteiger partial charge in [-0.15, -0.1) is 5.10 Å². The first-order chi connectivity index (χ1) is 9.70. The van der Waals surface area contributed by atoms with Gasteiger partial charge in [-0.1, -0.05) is 19.1 Å². The molecule has 0 aliphatic rings. The third-order valence-electron chi connectivity index (χ3n) is 3.21. The average Bonchev–Trinajstić information content (AvgIpc) is 2.99. The van der Waals surface area contributed by atoms with Crippen LogP contribution >= 0.6 is 0 Å². The number of rotatable bonds is 7. The molecule has 108 valence electrons. The molecule has 1 aromatic carbocycles. The lowest BCUT2D eigenvalue weighted by Gasteiger charge is -2.18. The fourth-order valence-corrected chi connectivity index (χ4v) is 2.06. The molecule has 0 bridgehead atoms. The molecule has 0 aliphatic carbocycles. The molecule has 1 N–H and O–H groups in total. The Labute approximate surface area is 119 Å². The minimum Gasteiger partial charge on any atom is -0.384 e. The molecule has 2 unspecified atom stereocenters. The van der Waals surface area contributed by atoms with E-state index >= 15 is 0 Å². The van der Waals surface area contributed by atoms with Gasteiger partial charge in [0.25, 0.3) is 0 Å². The van der Waals surface area contributed by atoms with Gasteiger partial charge in [0.2, 0.25) is 0 Å². The minimum atomic E-state index is 0.269. The van der Waals surface area contributed by atoms with Crippen LogP contribution < -0.4 is 5.32 Å². The third-order valence-corrected chi connectivity index (χ3v) is 3.21. The highest BCUT2D eigenvalue weighted by Crippen LogP contribution is 2.16. The number of hydrogen-bond acceptors (Lipinski definition) is 5. The van der Waals surface area contributed by atoms with Crippen LogP contribution in [0.5, 0.6) is 0 Å². The van der Waals surface area contributed by atoms with Crippen LogP contribution in [0.2, 0.25) is 0 Å². The Hall–Kier alpha value is -1.79. The maximum absolute atomic E-state index is 5.14. The number of nitrogens with zero attached hydrogens (tertiary/aromatic N) is 4. The molecule has 0 spiro atoms. The van der Waals surface area contributed by atoms with E-state index in [0.717, 1.165) is 18.8 Å². The quantitative estimate of drug-likeness (QED) is 0.831. The van der Waals surface area contributed by atoms with E-state index in [4.69, 9.17) is 4.74 Å². The topological polar surface area (TPSA) is 64.9 Å². The van der Waals surface area contributed by atoms with E-state index in [-0.39, 0.29) is 6.04 Å². The van der Waals surface area contributed by atoms with E-state index in [2.05, 4.69) is 46.8 Å². The van der Waals surface area contributed by atoms with Gasteiger partial charge in [-0.25, -0.2) is 4.68 Å². The van der Waals surface area contributed by atoms with Crippen molar-refractivity contribution in [3.05, 3.63) is 36.2 Å². The van der Waals surface area contributed by atoms with Gasteiger partial charge >= 0.3 is 0 Å². The Bertz CT molecular complexity index is 514. The molecular weight excluding hydrogens is 254 g/mol. The van der Waals surface area contributed by atoms with Crippen LogP contribution in [0.3, 0.4) is 0 Å². The van der Waals surface area contributed by atoms with Crippen LogP contribution in [0, 0.1) is 5.92 Å². The molecule has 0 radical (unpaired) electrons. The number of hydrogen-bond donors (Lipinski definition) is 1. The lowest BCUT2D eigenvalue weighted by molar-refractivity contribution is 0.157. The zero-order chi connectivity index (χ0) is 14.4. The monoisotopic (exact) mass is 275 g/mol. The van der Waals surface area contributed by atoms with E-state index in [9.17, 15) is 0 Å². The first kappa shape index (κ1) is 14.6. The predicted octanol–water partition coefficient (Wildman–Crippen LogP) is 1.60. The lowest BCUT2D eigenvalue weighted by atomic mass is 10.1.